The van der Waals surface area contributed by atoms with Crippen molar-refractivity contribution in [3.05, 3.63) is 70.7 Å². The van der Waals surface area contributed by atoms with Crippen LogP contribution in [-0.4, -0.2) is 55.3 Å². The fourth-order valence-electron chi connectivity index (χ4n) is 3.74. The quantitative estimate of drug-likeness (QED) is 0.787. The van der Waals surface area contributed by atoms with Crippen LogP contribution in [0.5, 0.6) is 0 Å². The Morgan fingerprint density at radius 1 is 1.07 bits per heavy atom. The number of likely N-dealkylation sites (tertiary alicyclic amines) is 1. The first-order valence-electron chi connectivity index (χ1n) is 9.99. The molecule has 0 unspecified atom stereocenters. The fourth-order valence-corrected chi connectivity index (χ4v) is 3.86. The molecule has 0 aromatic heterocycles. The highest BCUT2D eigenvalue weighted by Gasteiger charge is 2.28. The molecule has 2 aromatic rings. The minimum absolute atomic E-state index is 0.00252. The molecule has 0 radical (unpaired) electrons. The van der Waals surface area contributed by atoms with E-state index in [2.05, 4.69) is 22.3 Å². The normalized spacial score (nSPS) is 15.9. The SMILES string of the molecule is CN(C)[C@@H](CNC(=O)C1CCN(C(=O)c2ccc(Cl)cc2)CC1)c1ccccc1. The van der Waals surface area contributed by atoms with Gasteiger partial charge in [-0.25, -0.2) is 0 Å². The maximum atomic E-state index is 12.7. The molecule has 3 rings (SSSR count). The van der Waals surface area contributed by atoms with Crippen molar-refractivity contribution >= 4 is 23.4 Å². The summed E-state index contributed by atoms with van der Waals surface area (Å²) in [7, 11) is 4.04. The number of hydrogen-bond donors (Lipinski definition) is 1. The average Bonchev–Trinajstić information content (AvgIpc) is 2.74. The van der Waals surface area contributed by atoms with Gasteiger partial charge in [-0.1, -0.05) is 41.9 Å². The van der Waals surface area contributed by atoms with Crippen LogP contribution in [0.15, 0.2) is 54.6 Å². The molecule has 2 amide bonds. The van der Waals surface area contributed by atoms with Gasteiger partial charge in [0, 0.05) is 36.1 Å². The third-order valence-corrected chi connectivity index (χ3v) is 5.77. The van der Waals surface area contributed by atoms with Gasteiger partial charge in [0.25, 0.3) is 5.91 Å². The maximum absolute atomic E-state index is 12.7. The molecule has 1 atom stereocenters. The Labute approximate surface area is 177 Å². The average molecular weight is 414 g/mol. The number of halogens is 1. The smallest absolute Gasteiger partial charge is 0.253 e. The van der Waals surface area contributed by atoms with E-state index in [1.807, 2.05) is 37.2 Å². The molecule has 1 aliphatic rings. The highest BCUT2D eigenvalue weighted by atomic mass is 35.5. The van der Waals surface area contributed by atoms with Gasteiger partial charge in [0.05, 0.1) is 6.04 Å². The monoisotopic (exact) mass is 413 g/mol. The summed E-state index contributed by atoms with van der Waals surface area (Å²) in [6.07, 6.45) is 1.37. The Bertz CT molecular complexity index is 816. The van der Waals surface area contributed by atoms with Gasteiger partial charge in [0.15, 0.2) is 0 Å². The van der Waals surface area contributed by atoms with Gasteiger partial charge in [-0.15, -0.1) is 0 Å². The van der Waals surface area contributed by atoms with Gasteiger partial charge >= 0.3 is 0 Å². The number of carbonyl (C=O) groups excluding carboxylic acids is 2. The third-order valence-electron chi connectivity index (χ3n) is 5.52. The first-order valence-corrected chi connectivity index (χ1v) is 10.4. The van der Waals surface area contributed by atoms with Crippen molar-refractivity contribution < 1.29 is 9.59 Å². The van der Waals surface area contributed by atoms with E-state index >= 15 is 0 Å². The second-order valence-corrected chi connectivity index (χ2v) is 8.15. The molecule has 0 spiro atoms. The predicted molar refractivity (Wildman–Crippen MR) is 116 cm³/mol. The molecule has 1 fully saturated rings. The number of piperidine rings is 1. The standard InChI is InChI=1S/C23H28ClN3O2/c1-26(2)21(17-6-4-3-5-7-17)16-25-22(28)18-12-14-27(15-13-18)23(29)19-8-10-20(24)11-9-19/h3-11,18,21H,12-16H2,1-2H3,(H,25,28)/t21-/m0/s1. The zero-order chi connectivity index (χ0) is 20.8. The number of benzene rings is 2. The van der Waals surface area contributed by atoms with Gasteiger partial charge in [-0.3, -0.25) is 9.59 Å². The zero-order valence-corrected chi connectivity index (χ0v) is 17.7. The van der Waals surface area contributed by atoms with Crippen LogP contribution in [0.3, 0.4) is 0 Å². The van der Waals surface area contributed by atoms with E-state index in [0.29, 0.717) is 43.1 Å². The Morgan fingerprint density at radius 3 is 2.28 bits per heavy atom. The molecule has 0 bridgehead atoms. The minimum Gasteiger partial charge on any atom is -0.354 e. The molecule has 154 valence electrons. The number of hydrogen-bond acceptors (Lipinski definition) is 3. The first kappa shape index (κ1) is 21.3. The summed E-state index contributed by atoms with van der Waals surface area (Å²) in [5.74, 6) is 0.0199. The summed E-state index contributed by atoms with van der Waals surface area (Å²) in [4.78, 5) is 29.2. The lowest BCUT2D eigenvalue weighted by molar-refractivity contribution is -0.126. The summed E-state index contributed by atoms with van der Waals surface area (Å²) in [5.41, 5.74) is 1.81. The predicted octanol–water partition coefficient (Wildman–Crippen LogP) is 3.61. The zero-order valence-electron chi connectivity index (χ0n) is 17.0. The number of likely N-dealkylation sites (N-methyl/N-ethyl adjacent to an activating group) is 1. The van der Waals surface area contributed by atoms with Crippen molar-refractivity contribution in [1.82, 2.24) is 15.1 Å². The maximum Gasteiger partial charge on any atom is 0.253 e. The van der Waals surface area contributed by atoms with Crippen LogP contribution in [0.1, 0.15) is 34.8 Å². The fraction of sp³-hybridized carbons (Fsp3) is 0.391. The van der Waals surface area contributed by atoms with Crippen molar-refractivity contribution in [3.8, 4) is 0 Å². The van der Waals surface area contributed by atoms with E-state index in [0.717, 1.165) is 0 Å². The highest BCUT2D eigenvalue weighted by molar-refractivity contribution is 6.30. The van der Waals surface area contributed by atoms with E-state index in [4.69, 9.17) is 11.6 Å². The Balaban J connectivity index is 1.50. The molecule has 29 heavy (non-hydrogen) atoms. The number of carbonyl (C=O) groups is 2. The van der Waals surface area contributed by atoms with E-state index in [1.54, 1.807) is 24.3 Å². The van der Waals surface area contributed by atoms with E-state index in [-0.39, 0.29) is 23.8 Å². The van der Waals surface area contributed by atoms with Crippen LogP contribution < -0.4 is 5.32 Å². The number of nitrogens with one attached hydrogen (secondary N) is 1. The molecule has 1 N–H and O–H groups in total. The summed E-state index contributed by atoms with van der Waals surface area (Å²) in [5, 5.41) is 3.73. The van der Waals surface area contributed by atoms with E-state index < -0.39 is 0 Å². The van der Waals surface area contributed by atoms with Gasteiger partial charge in [-0.05, 0) is 56.8 Å². The molecule has 0 saturated carbocycles. The van der Waals surface area contributed by atoms with Crippen molar-refractivity contribution in [1.29, 1.82) is 0 Å². The number of nitrogens with zero attached hydrogens (tertiary/aromatic N) is 2. The highest BCUT2D eigenvalue weighted by Crippen LogP contribution is 2.21. The third kappa shape index (κ3) is 5.58. The lowest BCUT2D eigenvalue weighted by Gasteiger charge is -2.32. The van der Waals surface area contributed by atoms with Crippen molar-refractivity contribution in [2.45, 2.75) is 18.9 Å². The van der Waals surface area contributed by atoms with Gasteiger partial charge < -0.3 is 15.1 Å². The lowest BCUT2D eigenvalue weighted by atomic mass is 9.95. The van der Waals surface area contributed by atoms with Gasteiger partial charge in [0.2, 0.25) is 5.91 Å². The molecule has 0 aliphatic carbocycles. The summed E-state index contributed by atoms with van der Waals surface area (Å²) in [6, 6.07) is 17.3. The molecular formula is C23H28ClN3O2. The van der Waals surface area contributed by atoms with Crippen LogP contribution in [-0.2, 0) is 4.79 Å². The van der Waals surface area contributed by atoms with E-state index in [1.165, 1.54) is 5.56 Å². The van der Waals surface area contributed by atoms with Crippen LogP contribution in [0.2, 0.25) is 5.02 Å². The van der Waals surface area contributed by atoms with Crippen LogP contribution >= 0.6 is 11.6 Å². The molecule has 6 heteroatoms. The molecule has 5 nitrogen and oxygen atoms in total. The van der Waals surface area contributed by atoms with Crippen LogP contribution in [0.25, 0.3) is 0 Å². The summed E-state index contributed by atoms with van der Waals surface area (Å²) < 4.78 is 0. The van der Waals surface area contributed by atoms with Crippen molar-refractivity contribution in [2.24, 2.45) is 5.92 Å². The van der Waals surface area contributed by atoms with Crippen molar-refractivity contribution in [3.63, 3.8) is 0 Å². The summed E-state index contributed by atoms with van der Waals surface area (Å²) >= 11 is 5.89. The topological polar surface area (TPSA) is 52.7 Å². The largest absolute Gasteiger partial charge is 0.354 e. The molecule has 1 aliphatic heterocycles. The van der Waals surface area contributed by atoms with Gasteiger partial charge in [0.1, 0.15) is 0 Å². The lowest BCUT2D eigenvalue weighted by Crippen LogP contribution is -2.44. The van der Waals surface area contributed by atoms with Crippen LogP contribution in [0, 0.1) is 5.92 Å². The van der Waals surface area contributed by atoms with Gasteiger partial charge in [-0.2, -0.15) is 0 Å². The van der Waals surface area contributed by atoms with Crippen LogP contribution in [0.4, 0.5) is 0 Å². The second-order valence-electron chi connectivity index (χ2n) is 7.71. The van der Waals surface area contributed by atoms with E-state index in [9.17, 15) is 9.59 Å². The molecule has 1 heterocycles. The van der Waals surface area contributed by atoms with Crippen molar-refractivity contribution in [2.75, 3.05) is 33.7 Å². The molecule has 1 saturated heterocycles. The Kier molecular flexibility index (Phi) is 7.29. The Hall–Kier alpha value is -2.37. The Morgan fingerprint density at radius 2 is 1.69 bits per heavy atom. The molecule has 2 aromatic carbocycles. The summed E-state index contributed by atoms with van der Waals surface area (Å²) in [6.45, 7) is 1.75. The number of rotatable bonds is 6. The minimum atomic E-state index is -0.0529. The second kappa shape index (κ2) is 9.90. The number of amides is 2. The first-order chi connectivity index (χ1) is 14.0. The molecular weight excluding hydrogens is 386 g/mol.